The lowest BCUT2D eigenvalue weighted by Crippen LogP contribution is -2.22. The molecule has 1 fully saturated rings. The van der Waals surface area contributed by atoms with Gasteiger partial charge >= 0.3 is 0 Å². The van der Waals surface area contributed by atoms with Crippen LogP contribution in [0.25, 0.3) is 5.57 Å². The Bertz CT molecular complexity index is 549. The summed E-state index contributed by atoms with van der Waals surface area (Å²) < 4.78 is 5.74. The molecule has 106 valence electrons. The largest absolute Gasteiger partial charge is 0.374 e. The van der Waals surface area contributed by atoms with E-state index in [4.69, 9.17) is 16.3 Å². The average molecular weight is 293 g/mol. The van der Waals surface area contributed by atoms with Gasteiger partial charge in [0.2, 0.25) is 0 Å². The van der Waals surface area contributed by atoms with Crippen molar-refractivity contribution in [2.75, 3.05) is 13.7 Å². The number of pyridine rings is 1. The molecule has 4 nitrogen and oxygen atoms in total. The SMILES string of the molecule is C=C(c1ccc(Cl)nc1C(C=O)=NC)C1CCCCO1. The van der Waals surface area contributed by atoms with E-state index in [0.29, 0.717) is 17.1 Å². The Hall–Kier alpha value is -1.52. The first-order chi connectivity index (χ1) is 9.67. The second-order valence-electron chi connectivity index (χ2n) is 4.64. The monoisotopic (exact) mass is 292 g/mol. The smallest absolute Gasteiger partial charge is 0.170 e. The van der Waals surface area contributed by atoms with Gasteiger partial charge in [-0.15, -0.1) is 0 Å². The molecule has 1 aromatic rings. The van der Waals surface area contributed by atoms with Gasteiger partial charge in [-0.1, -0.05) is 18.2 Å². The van der Waals surface area contributed by atoms with Crippen molar-refractivity contribution in [1.82, 2.24) is 4.98 Å². The van der Waals surface area contributed by atoms with Gasteiger partial charge in [-0.05, 0) is 37.0 Å². The molecule has 0 spiro atoms. The fraction of sp³-hybridized carbons (Fsp3) is 0.400. The second kappa shape index (κ2) is 6.77. The number of aldehydes is 1. The molecule has 0 amide bonds. The van der Waals surface area contributed by atoms with E-state index in [9.17, 15) is 4.79 Å². The van der Waals surface area contributed by atoms with Gasteiger partial charge in [0.05, 0.1) is 6.10 Å². The third kappa shape index (κ3) is 3.14. The van der Waals surface area contributed by atoms with Crippen LogP contribution in [0.15, 0.2) is 23.7 Å². The maximum absolute atomic E-state index is 11.1. The van der Waals surface area contributed by atoms with E-state index in [1.54, 1.807) is 13.1 Å². The molecule has 1 atom stereocenters. The Morgan fingerprint density at radius 3 is 2.95 bits per heavy atom. The van der Waals surface area contributed by atoms with Crippen molar-refractivity contribution in [3.63, 3.8) is 0 Å². The van der Waals surface area contributed by atoms with Crippen molar-refractivity contribution in [1.29, 1.82) is 0 Å². The average Bonchev–Trinajstić information content (AvgIpc) is 2.49. The predicted octanol–water partition coefficient (Wildman–Crippen LogP) is 2.94. The number of nitrogens with zero attached hydrogens (tertiary/aromatic N) is 2. The predicted molar refractivity (Wildman–Crippen MR) is 80.4 cm³/mol. The topological polar surface area (TPSA) is 51.5 Å². The fourth-order valence-corrected chi connectivity index (χ4v) is 2.44. The summed E-state index contributed by atoms with van der Waals surface area (Å²) >= 11 is 5.92. The standard InChI is InChI=1S/C15H17ClN2O2/c1-10(13-5-3-4-8-20-13)11-6-7-14(16)18-15(11)12(9-19)17-2/h6-7,9,13H,1,3-5,8H2,2H3. The molecule has 1 unspecified atom stereocenters. The Morgan fingerprint density at radius 2 is 2.35 bits per heavy atom. The molecule has 1 aliphatic heterocycles. The first-order valence-corrected chi connectivity index (χ1v) is 6.94. The minimum Gasteiger partial charge on any atom is -0.374 e. The normalized spacial score (nSPS) is 19.7. The summed E-state index contributed by atoms with van der Waals surface area (Å²) in [7, 11) is 1.55. The molecule has 1 saturated heterocycles. The number of carbonyl (C=O) groups is 1. The summed E-state index contributed by atoms with van der Waals surface area (Å²) in [4.78, 5) is 19.3. The third-order valence-corrected chi connectivity index (χ3v) is 3.58. The van der Waals surface area contributed by atoms with Gasteiger partial charge in [-0.3, -0.25) is 9.79 Å². The molecular formula is C15H17ClN2O2. The van der Waals surface area contributed by atoms with Crippen LogP contribution in [0.4, 0.5) is 0 Å². The zero-order valence-electron chi connectivity index (χ0n) is 11.4. The van der Waals surface area contributed by atoms with Crippen LogP contribution in [0, 0.1) is 0 Å². The van der Waals surface area contributed by atoms with Crippen LogP contribution < -0.4 is 0 Å². The molecule has 1 aliphatic rings. The van der Waals surface area contributed by atoms with E-state index in [-0.39, 0.29) is 11.8 Å². The molecule has 2 heterocycles. The molecule has 20 heavy (non-hydrogen) atoms. The molecule has 0 radical (unpaired) electrons. The summed E-state index contributed by atoms with van der Waals surface area (Å²) in [6.07, 6.45) is 3.77. The summed E-state index contributed by atoms with van der Waals surface area (Å²) in [6.45, 7) is 4.85. The fourth-order valence-electron chi connectivity index (χ4n) is 2.29. The van der Waals surface area contributed by atoms with Gasteiger partial charge in [0.25, 0.3) is 0 Å². The first-order valence-electron chi connectivity index (χ1n) is 6.57. The quantitative estimate of drug-likeness (QED) is 0.487. The van der Waals surface area contributed by atoms with Crippen LogP contribution in [-0.4, -0.2) is 36.7 Å². The number of aliphatic imine (C=N–C) groups is 1. The van der Waals surface area contributed by atoms with Crippen molar-refractivity contribution in [3.8, 4) is 0 Å². The molecule has 2 rings (SSSR count). The van der Waals surface area contributed by atoms with Crippen LogP contribution in [0.1, 0.15) is 30.5 Å². The Balaban J connectivity index is 2.39. The maximum Gasteiger partial charge on any atom is 0.170 e. The summed E-state index contributed by atoms with van der Waals surface area (Å²) in [5.74, 6) is 0. The van der Waals surface area contributed by atoms with Crippen LogP contribution >= 0.6 is 11.6 Å². The number of halogens is 1. The minimum absolute atomic E-state index is 0.0322. The Morgan fingerprint density at radius 1 is 1.55 bits per heavy atom. The zero-order valence-corrected chi connectivity index (χ0v) is 12.2. The molecule has 0 aromatic carbocycles. The molecule has 0 aliphatic carbocycles. The van der Waals surface area contributed by atoms with Crippen LogP contribution in [-0.2, 0) is 9.53 Å². The van der Waals surface area contributed by atoms with Crippen molar-refractivity contribution in [2.45, 2.75) is 25.4 Å². The Kier molecular flexibility index (Phi) is 5.04. The molecule has 1 aromatic heterocycles. The third-order valence-electron chi connectivity index (χ3n) is 3.37. The summed E-state index contributed by atoms with van der Waals surface area (Å²) in [5.41, 5.74) is 2.33. The molecule has 5 heteroatoms. The van der Waals surface area contributed by atoms with Crippen molar-refractivity contribution < 1.29 is 9.53 Å². The number of carbonyl (C=O) groups excluding carboxylic acids is 1. The highest BCUT2D eigenvalue weighted by molar-refractivity contribution is 6.37. The highest BCUT2D eigenvalue weighted by Crippen LogP contribution is 2.28. The summed E-state index contributed by atoms with van der Waals surface area (Å²) in [5, 5.41) is 0.323. The van der Waals surface area contributed by atoms with Gasteiger partial charge < -0.3 is 4.74 Å². The Labute approximate surface area is 123 Å². The van der Waals surface area contributed by atoms with Crippen molar-refractivity contribution in [3.05, 3.63) is 35.1 Å². The minimum atomic E-state index is -0.0322. The van der Waals surface area contributed by atoms with E-state index < -0.39 is 0 Å². The van der Waals surface area contributed by atoms with E-state index in [2.05, 4.69) is 16.6 Å². The van der Waals surface area contributed by atoms with Crippen LogP contribution in [0.3, 0.4) is 0 Å². The van der Waals surface area contributed by atoms with Gasteiger partial charge in [-0.2, -0.15) is 0 Å². The number of hydrogen-bond donors (Lipinski definition) is 0. The van der Waals surface area contributed by atoms with Gasteiger partial charge in [0.15, 0.2) is 6.29 Å². The van der Waals surface area contributed by atoms with E-state index in [0.717, 1.165) is 37.0 Å². The van der Waals surface area contributed by atoms with Crippen molar-refractivity contribution in [2.24, 2.45) is 4.99 Å². The van der Waals surface area contributed by atoms with E-state index in [1.165, 1.54) is 0 Å². The number of aromatic nitrogens is 1. The van der Waals surface area contributed by atoms with Gasteiger partial charge in [-0.25, -0.2) is 4.98 Å². The van der Waals surface area contributed by atoms with E-state index >= 15 is 0 Å². The van der Waals surface area contributed by atoms with Crippen LogP contribution in [0.5, 0.6) is 0 Å². The number of ether oxygens (including phenoxy) is 1. The number of rotatable bonds is 4. The lowest BCUT2D eigenvalue weighted by Gasteiger charge is -2.25. The lowest BCUT2D eigenvalue weighted by molar-refractivity contribution is -0.102. The van der Waals surface area contributed by atoms with Crippen molar-refractivity contribution >= 4 is 29.2 Å². The number of hydrogen-bond acceptors (Lipinski definition) is 4. The highest BCUT2D eigenvalue weighted by atomic mass is 35.5. The van der Waals surface area contributed by atoms with Crippen LogP contribution in [0.2, 0.25) is 5.15 Å². The summed E-state index contributed by atoms with van der Waals surface area (Å²) in [6, 6.07) is 3.51. The highest BCUT2D eigenvalue weighted by Gasteiger charge is 2.22. The van der Waals surface area contributed by atoms with Gasteiger partial charge in [0.1, 0.15) is 16.6 Å². The zero-order chi connectivity index (χ0) is 14.5. The second-order valence-corrected chi connectivity index (χ2v) is 5.02. The molecule has 0 bridgehead atoms. The van der Waals surface area contributed by atoms with E-state index in [1.807, 2.05) is 6.07 Å². The maximum atomic E-state index is 11.1. The molecule has 0 saturated carbocycles. The molecular weight excluding hydrogens is 276 g/mol. The first kappa shape index (κ1) is 14.9. The molecule has 0 N–H and O–H groups in total. The van der Waals surface area contributed by atoms with Gasteiger partial charge in [0, 0.05) is 19.2 Å². The lowest BCUT2D eigenvalue weighted by atomic mass is 9.94.